The molecule has 2 aromatic rings. The van der Waals surface area contributed by atoms with Gasteiger partial charge in [-0.1, -0.05) is 0 Å². The van der Waals surface area contributed by atoms with E-state index in [0.717, 1.165) is 10.9 Å². The molecule has 0 spiro atoms. The molecule has 1 unspecified atom stereocenters. The summed E-state index contributed by atoms with van der Waals surface area (Å²) in [7, 11) is 1.28. The molecular weight excluding hydrogens is 344 g/mol. The van der Waals surface area contributed by atoms with Gasteiger partial charge in [-0.15, -0.1) is 0 Å². The van der Waals surface area contributed by atoms with Gasteiger partial charge in [0.1, 0.15) is 5.75 Å². The van der Waals surface area contributed by atoms with Gasteiger partial charge in [-0.25, -0.2) is 14.4 Å². The lowest BCUT2D eigenvalue weighted by Gasteiger charge is -2.09. The Morgan fingerprint density at radius 3 is 2.31 bits per heavy atom. The Bertz CT molecular complexity index is 793. The summed E-state index contributed by atoms with van der Waals surface area (Å²) in [6.45, 7) is 2.66. The van der Waals surface area contributed by atoms with Crippen LogP contribution in [0.3, 0.4) is 0 Å². The number of carbonyl (C=O) groups excluding carboxylic acids is 1. The molecular formula is C17H20N2O7. The molecule has 2 rings (SSSR count). The number of aromatic nitrogens is 1. The van der Waals surface area contributed by atoms with E-state index < -0.39 is 18.1 Å². The Balaban J connectivity index is 0.000000359. The van der Waals surface area contributed by atoms with Crippen molar-refractivity contribution >= 4 is 29.0 Å². The van der Waals surface area contributed by atoms with E-state index in [2.05, 4.69) is 4.74 Å². The summed E-state index contributed by atoms with van der Waals surface area (Å²) >= 11 is 0. The number of aliphatic carboxylic acids is 2. The van der Waals surface area contributed by atoms with Crippen LogP contribution in [0.2, 0.25) is 0 Å². The number of nitrogens with zero attached hydrogens (tertiary/aromatic N) is 1. The average molecular weight is 364 g/mol. The summed E-state index contributed by atoms with van der Waals surface area (Å²) in [6.07, 6.45) is 2.36. The van der Waals surface area contributed by atoms with Gasteiger partial charge in [-0.3, -0.25) is 0 Å². The molecule has 0 radical (unpaired) electrons. The maximum atomic E-state index is 11.0. The van der Waals surface area contributed by atoms with Gasteiger partial charge in [-0.05, 0) is 30.5 Å². The second-order valence-corrected chi connectivity index (χ2v) is 5.23. The summed E-state index contributed by atoms with van der Waals surface area (Å²) in [4.78, 5) is 30.2. The molecule has 1 aromatic carbocycles. The van der Waals surface area contributed by atoms with E-state index in [0.29, 0.717) is 24.4 Å². The van der Waals surface area contributed by atoms with E-state index in [1.807, 2.05) is 29.8 Å². The Labute approximate surface area is 149 Å². The van der Waals surface area contributed by atoms with Crippen molar-refractivity contribution < 1.29 is 34.1 Å². The highest BCUT2D eigenvalue weighted by molar-refractivity contribution is 5.89. The fourth-order valence-electron chi connectivity index (χ4n) is 1.98. The normalized spacial score (nSPS) is 11.5. The van der Waals surface area contributed by atoms with Crippen LogP contribution in [0.5, 0.6) is 5.75 Å². The number of rotatable bonds is 5. The SMILES string of the molecule is COC(=O)Oc1ccc2ccn(CC(C)N)c2c1.O=C(O)C=CC(=O)O. The van der Waals surface area contributed by atoms with Crippen molar-refractivity contribution in [2.24, 2.45) is 5.73 Å². The zero-order chi connectivity index (χ0) is 19.7. The maximum absolute atomic E-state index is 11.0. The predicted octanol–water partition coefficient (Wildman–Crippen LogP) is 1.85. The summed E-state index contributed by atoms with van der Waals surface area (Å²) in [5.74, 6) is -2.06. The van der Waals surface area contributed by atoms with Crippen LogP contribution in [0.15, 0.2) is 42.6 Å². The molecule has 0 aliphatic heterocycles. The highest BCUT2D eigenvalue weighted by Gasteiger charge is 2.07. The molecule has 9 nitrogen and oxygen atoms in total. The Morgan fingerprint density at radius 1 is 1.19 bits per heavy atom. The second-order valence-electron chi connectivity index (χ2n) is 5.23. The van der Waals surface area contributed by atoms with Crippen LogP contribution in [-0.4, -0.2) is 46.0 Å². The third-order valence-corrected chi connectivity index (χ3v) is 2.97. The number of nitrogens with two attached hydrogens (primary N) is 1. The molecule has 1 aromatic heterocycles. The van der Waals surface area contributed by atoms with Gasteiger partial charge in [0.25, 0.3) is 0 Å². The van der Waals surface area contributed by atoms with Crippen LogP contribution in [0.1, 0.15) is 6.92 Å². The van der Waals surface area contributed by atoms with Gasteiger partial charge < -0.3 is 30.0 Å². The molecule has 9 heteroatoms. The number of carboxylic acids is 2. The Kier molecular flexibility index (Phi) is 7.84. The number of carbonyl (C=O) groups is 3. The monoisotopic (exact) mass is 364 g/mol. The first-order valence-corrected chi connectivity index (χ1v) is 7.47. The topological polar surface area (TPSA) is 141 Å². The molecule has 0 saturated carbocycles. The highest BCUT2D eigenvalue weighted by atomic mass is 16.7. The van der Waals surface area contributed by atoms with Crippen LogP contribution in [0, 0.1) is 0 Å². The predicted molar refractivity (Wildman–Crippen MR) is 93.0 cm³/mol. The van der Waals surface area contributed by atoms with E-state index in [4.69, 9.17) is 20.7 Å². The minimum absolute atomic E-state index is 0.0609. The van der Waals surface area contributed by atoms with Crippen LogP contribution in [-0.2, 0) is 20.9 Å². The minimum Gasteiger partial charge on any atom is -0.478 e. The quantitative estimate of drug-likeness (QED) is 0.414. The van der Waals surface area contributed by atoms with Crippen molar-refractivity contribution in [1.29, 1.82) is 0 Å². The number of hydrogen-bond acceptors (Lipinski definition) is 6. The zero-order valence-electron chi connectivity index (χ0n) is 14.3. The summed E-state index contributed by atoms with van der Waals surface area (Å²) < 4.78 is 11.5. The number of benzene rings is 1. The van der Waals surface area contributed by atoms with E-state index in [9.17, 15) is 14.4 Å². The maximum Gasteiger partial charge on any atom is 0.513 e. The molecule has 0 fully saturated rings. The van der Waals surface area contributed by atoms with Crippen molar-refractivity contribution in [3.8, 4) is 5.75 Å². The molecule has 26 heavy (non-hydrogen) atoms. The molecule has 0 amide bonds. The van der Waals surface area contributed by atoms with Gasteiger partial charge in [0.05, 0.1) is 12.6 Å². The van der Waals surface area contributed by atoms with Gasteiger partial charge in [0.15, 0.2) is 0 Å². The fourth-order valence-corrected chi connectivity index (χ4v) is 1.98. The van der Waals surface area contributed by atoms with Gasteiger partial charge in [0, 0.05) is 37.0 Å². The number of fused-ring (bicyclic) bond motifs is 1. The van der Waals surface area contributed by atoms with Crippen LogP contribution in [0.25, 0.3) is 10.9 Å². The van der Waals surface area contributed by atoms with Crippen molar-refractivity contribution in [3.63, 3.8) is 0 Å². The lowest BCUT2D eigenvalue weighted by molar-refractivity contribution is -0.134. The highest BCUT2D eigenvalue weighted by Crippen LogP contribution is 2.22. The second kappa shape index (κ2) is 9.84. The minimum atomic E-state index is -1.26. The lowest BCUT2D eigenvalue weighted by Crippen LogP contribution is -2.21. The van der Waals surface area contributed by atoms with Crippen molar-refractivity contribution in [3.05, 3.63) is 42.6 Å². The van der Waals surface area contributed by atoms with Crippen molar-refractivity contribution in [1.82, 2.24) is 4.57 Å². The lowest BCUT2D eigenvalue weighted by atomic mass is 10.2. The third-order valence-electron chi connectivity index (χ3n) is 2.97. The summed E-state index contributed by atoms with van der Waals surface area (Å²) in [6, 6.07) is 7.49. The Morgan fingerprint density at radius 2 is 1.81 bits per heavy atom. The van der Waals surface area contributed by atoms with Crippen molar-refractivity contribution in [2.75, 3.05) is 7.11 Å². The van der Waals surface area contributed by atoms with Crippen LogP contribution < -0.4 is 10.5 Å². The average Bonchev–Trinajstić information content (AvgIpc) is 2.95. The summed E-state index contributed by atoms with van der Waals surface area (Å²) in [5.41, 5.74) is 6.77. The number of ether oxygens (including phenoxy) is 2. The molecule has 0 aliphatic rings. The first-order chi connectivity index (χ1) is 12.2. The van der Waals surface area contributed by atoms with E-state index in [1.54, 1.807) is 12.1 Å². The first-order valence-electron chi connectivity index (χ1n) is 7.47. The largest absolute Gasteiger partial charge is 0.513 e. The number of carboxylic acid groups (broad SMARTS) is 2. The molecule has 4 N–H and O–H groups in total. The molecule has 140 valence electrons. The zero-order valence-corrected chi connectivity index (χ0v) is 14.3. The fraction of sp³-hybridized carbons (Fsp3) is 0.235. The molecule has 0 saturated heterocycles. The van der Waals surface area contributed by atoms with Gasteiger partial charge >= 0.3 is 18.1 Å². The molecule has 0 bridgehead atoms. The first kappa shape index (κ1) is 20.7. The van der Waals surface area contributed by atoms with E-state index in [1.165, 1.54) is 7.11 Å². The smallest absolute Gasteiger partial charge is 0.478 e. The van der Waals surface area contributed by atoms with Crippen LogP contribution in [0.4, 0.5) is 4.79 Å². The Hall–Kier alpha value is -3.33. The van der Waals surface area contributed by atoms with E-state index in [-0.39, 0.29) is 6.04 Å². The van der Waals surface area contributed by atoms with E-state index >= 15 is 0 Å². The standard InChI is InChI=1S/C13H16N2O3.C4H4O4/c1-9(14)8-15-6-5-10-3-4-11(7-12(10)15)18-13(16)17-2;5-3(6)1-2-4(7)8/h3-7,9H,8,14H2,1-2H3;1-2H,(H,5,6)(H,7,8). The van der Waals surface area contributed by atoms with Crippen molar-refractivity contribution in [2.45, 2.75) is 19.5 Å². The number of methoxy groups -OCH3 is 1. The molecule has 0 aliphatic carbocycles. The third kappa shape index (κ3) is 7.05. The van der Waals surface area contributed by atoms with Crippen LogP contribution >= 0.6 is 0 Å². The van der Waals surface area contributed by atoms with Gasteiger partial charge in [-0.2, -0.15) is 0 Å². The molecule has 1 atom stereocenters. The number of hydrogen-bond donors (Lipinski definition) is 3. The molecule has 1 heterocycles. The van der Waals surface area contributed by atoms with Gasteiger partial charge in [0.2, 0.25) is 0 Å². The summed E-state index contributed by atoms with van der Waals surface area (Å²) in [5, 5.41) is 16.7.